The van der Waals surface area contributed by atoms with Gasteiger partial charge in [-0.25, -0.2) is 0 Å². The molecular formula is C20H20B2F2N4O4Te2. The Morgan fingerprint density at radius 1 is 0.618 bits per heavy atom. The van der Waals surface area contributed by atoms with Gasteiger partial charge in [0.05, 0.1) is 0 Å². The van der Waals surface area contributed by atoms with Gasteiger partial charge in [0, 0.05) is 0 Å². The van der Waals surface area contributed by atoms with Crippen LogP contribution in [0.3, 0.4) is 0 Å². The van der Waals surface area contributed by atoms with Gasteiger partial charge in [-0.05, 0) is 0 Å². The van der Waals surface area contributed by atoms with Gasteiger partial charge in [0.1, 0.15) is 0 Å². The number of aromatic nitrogens is 4. The average molecular weight is 695 g/mol. The van der Waals surface area contributed by atoms with Gasteiger partial charge in [-0.3, -0.25) is 0 Å². The number of hydrogen-bond donors (Lipinski definition) is 0. The van der Waals surface area contributed by atoms with Crippen molar-refractivity contribution in [1.29, 1.82) is 0 Å². The van der Waals surface area contributed by atoms with E-state index in [0.717, 1.165) is 0 Å². The van der Waals surface area contributed by atoms with E-state index in [1.165, 1.54) is 0 Å². The first kappa shape index (κ1) is 23.7. The van der Waals surface area contributed by atoms with E-state index < -0.39 is 67.9 Å². The van der Waals surface area contributed by atoms with Crippen LogP contribution in [0.25, 0.3) is 32.8 Å². The van der Waals surface area contributed by atoms with Crippen molar-refractivity contribution >= 4 is 100 Å². The molecule has 34 heavy (non-hydrogen) atoms. The Morgan fingerprint density at radius 2 is 0.941 bits per heavy atom. The molecular weight excluding hydrogens is 675 g/mol. The van der Waals surface area contributed by atoms with Crippen molar-refractivity contribution < 1.29 is 27.4 Å². The molecule has 0 saturated carbocycles. The summed E-state index contributed by atoms with van der Waals surface area (Å²) in [5, 5.41) is 0.135. The Kier molecular flexibility index (Phi) is 5.87. The van der Waals surface area contributed by atoms with E-state index in [1.807, 2.05) is 27.7 Å². The van der Waals surface area contributed by atoms with Crippen molar-refractivity contribution in [3.05, 3.63) is 11.6 Å². The first-order valence-corrected chi connectivity index (χ1v) is 15.0. The molecule has 0 amide bonds. The summed E-state index contributed by atoms with van der Waals surface area (Å²) in [6.45, 7) is 9.68. The zero-order valence-electron chi connectivity index (χ0n) is 19.0. The Hall–Kier alpha value is -0.691. The van der Waals surface area contributed by atoms with Crippen LogP contribution in [-0.4, -0.2) is 95.5 Å². The normalized spacial score (nSPS) is 20.6. The molecule has 0 aliphatic carbocycles. The minimum absolute atomic E-state index is 0.0674. The third-order valence-corrected chi connectivity index (χ3v) is 9.11. The number of hydrogen-bond acceptors (Lipinski definition) is 8. The minimum atomic E-state index is -1.19. The Morgan fingerprint density at radius 3 is 1.29 bits per heavy atom. The summed E-state index contributed by atoms with van der Waals surface area (Å²) >= 11 is -2.38. The van der Waals surface area contributed by atoms with E-state index in [0.29, 0.717) is 48.5 Å². The summed E-state index contributed by atoms with van der Waals surface area (Å²) in [6.07, 6.45) is 0. The summed E-state index contributed by atoms with van der Waals surface area (Å²) in [7, 11) is -1.87. The summed E-state index contributed by atoms with van der Waals surface area (Å²) in [5.41, 5.74) is 1.30. The topological polar surface area (TPSA) is 88.5 Å². The molecule has 0 radical (unpaired) electrons. The molecule has 2 fully saturated rings. The second-order valence-electron chi connectivity index (χ2n) is 10.4. The van der Waals surface area contributed by atoms with Crippen LogP contribution in [0, 0.1) is 22.5 Å². The van der Waals surface area contributed by atoms with Crippen molar-refractivity contribution in [1.82, 2.24) is 12.8 Å². The van der Waals surface area contributed by atoms with E-state index in [4.69, 9.17) is 18.6 Å². The molecule has 0 atom stereocenters. The summed E-state index contributed by atoms with van der Waals surface area (Å²) < 4.78 is 74.2. The summed E-state index contributed by atoms with van der Waals surface area (Å²) in [6, 6.07) is 0. The molecule has 2 aromatic carbocycles. The van der Waals surface area contributed by atoms with E-state index in [9.17, 15) is 0 Å². The number of halogens is 2. The molecule has 14 heteroatoms. The predicted octanol–water partition coefficient (Wildman–Crippen LogP) is 0.655. The molecule has 6 rings (SSSR count). The second-order valence-corrected chi connectivity index (χ2v) is 13.4. The molecule has 2 saturated heterocycles. The number of benzene rings is 2. The molecule has 8 nitrogen and oxygen atoms in total. The van der Waals surface area contributed by atoms with Crippen molar-refractivity contribution in [3.8, 4) is 0 Å². The van der Waals surface area contributed by atoms with E-state index in [2.05, 4.69) is 12.8 Å². The molecule has 0 N–H and O–H groups in total. The van der Waals surface area contributed by atoms with Crippen LogP contribution < -0.4 is 10.9 Å². The number of fused-ring (bicyclic) bond motifs is 5. The summed E-state index contributed by atoms with van der Waals surface area (Å²) in [4.78, 5) is 0. The molecule has 4 heterocycles. The third kappa shape index (κ3) is 3.77. The fourth-order valence-electron chi connectivity index (χ4n) is 4.35. The van der Waals surface area contributed by atoms with E-state index in [1.54, 1.807) is 0 Å². The zero-order chi connectivity index (χ0) is 23.8. The van der Waals surface area contributed by atoms with Crippen LogP contribution in [0.2, 0.25) is 0 Å². The Bertz CT molecular complexity index is 1320. The molecule has 2 aromatic heterocycles. The molecule has 4 aromatic rings. The van der Waals surface area contributed by atoms with Gasteiger partial charge in [0.25, 0.3) is 0 Å². The fraction of sp³-hybridized carbons (Fsp3) is 0.500. The zero-order valence-corrected chi connectivity index (χ0v) is 23.6. The van der Waals surface area contributed by atoms with Gasteiger partial charge < -0.3 is 0 Å². The fourth-order valence-corrected chi connectivity index (χ4v) is 7.58. The molecule has 2 aliphatic rings. The molecule has 0 spiro atoms. The quantitative estimate of drug-likeness (QED) is 0.283. The van der Waals surface area contributed by atoms with Crippen LogP contribution in [0.5, 0.6) is 0 Å². The Labute approximate surface area is 215 Å². The predicted molar refractivity (Wildman–Crippen MR) is 126 cm³/mol. The van der Waals surface area contributed by atoms with Crippen LogP contribution in [0.1, 0.15) is 27.7 Å². The van der Waals surface area contributed by atoms with Crippen LogP contribution in [0.4, 0.5) is 8.78 Å². The van der Waals surface area contributed by atoms with Crippen molar-refractivity contribution in [3.63, 3.8) is 0 Å². The molecule has 2 aliphatic heterocycles. The van der Waals surface area contributed by atoms with Crippen LogP contribution in [-0.2, 0) is 18.6 Å². The van der Waals surface area contributed by atoms with Crippen molar-refractivity contribution in [2.75, 3.05) is 26.4 Å². The number of rotatable bonds is 2. The van der Waals surface area contributed by atoms with E-state index >= 15 is 8.78 Å². The van der Waals surface area contributed by atoms with Crippen LogP contribution >= 0.6 is 0 Å². The maximum atomic E-state index is 16.2. The van der Waals surface area contributed by atoms with Gasteiger partial charge in [0.15, 0.2) is 0 Å². The second kappa shape index (κ2) is 8.43. The maximum absolute atomic E-state index is 16.2. The first-order valence-electron chi connectivity index (χ1n) is 10.8. The van der Waals surface area contributed by atoms with Crippen LogP contribution in [0.15, 0.2) is 0 Å². The Balaban J connectivity index is 1.60. The summed E-state index contributed by atoms with van der Waals surface area (Å²) in [5.74, 6) is -1.26. The van der Waals surface area contributed by atoms with E-state index in [-0.39, 0.29) is 32.5 Å². The van der Waals surface area contributed by atoms with Crippen molar-refractivity contribution in [2.45, 2.75) is 27.7 Å². The molecule has 0 unspecified atom stereocenters. The molecule has 176 valence electrons. The standard InChI is InChI=1S/C20H20B2F2N4O4Te2/c1-19(2)5-29-21(30-6-19)11-13(23)9-10(15-17(11)27-33-25-15)14(24)12(18-16(9)26-34-28-18)22-31-7-20(3,4)8-32-22/h5-8H2,1-4H3. The van der Waals surface area contributed by atoms with Crippen molar-refractivity contribution in [2.24, 2.45) is 10.8 Å². The number of nitrogens with zero attached hydrogens (tertiary/aromatic N) is 4. The third-order valence-electron chi connectivity index (χ3n) is 6.10. The van der Waals surface area contributed by atoms with Gasteiger partial charge >= 0.3 is 217 Å². The molecule has 0 bridgehead atoms. The van der Waals surface area contributed by atoms with Gasteiger partial charge in [-0.1, -0.05) is 0 Å². The van der Waals surface area contributed by atoms with Gasteiger partial charge in [-0.15, -0.1) is 0 Å². The first-order chi connectivity index (χ1) is 16.2. The van der Waals surface area contributed by atoms with Gasteiger partial charge in [-0.2, -0.15) is 0 Å². The van der Waals surface area contributed by atoms with Gasteiger partial charge in [0.2, 0.25) is 0 Å². The monoisotopic (exact) mass is 700 g/mol. The average Bonchev–Trinajstić information content (AvgIpc) is 3.45. The SMILES string of the molecule is CC1(C)COB(c2c(F)c3c4n[te]nc4c(B4OCC(C)(C)CO4)c(F)c3c3n[te]nc23)OC1.